The molecule has 3 nitrogen and oxygen atoms in total. The summed E-state index contributed by atoms with van der Waals surface area (Å²) in [5, 5.41) is 0. The zero-order chi connectivity index (χ0) is 14.5. The molecule has 1 aliphatic rings. The Bertz CT molecular complexity index is 442. The number of rotatable bonds is 6. The highest BCUT2D eigenvalue weighted by atomic mass is 79.9. The summed E-state index contributed by atoms with van der Waals surface area (Å²) in [6.07, 6.45) is 3.50. The van der Waals surface area contributed by atoms with Crippen LogP contribution in [-0.2, 0) is 6.42 Å². The summed E-state index contributed by atoms with van der Waals surface area (Å²) in [7, 11) is 0. The van der Waals surface area contributed by atoms with Gasteiger partial charge in [-0.15, -0.1) is 0 Å². The first-order valence-electron chi connectivity index (χ1n) is 7.46. The van der Waals surface area contributed by atoms with Crippen molar-refractivity contribution in [3.63, 3.8) is 0 Å². The van der Waals surface area contributed by atoms with Crippen LogP contribution in [0.25, 0.3) is 0 Å². The van der Waals surface area contributed by atoms with Crippen molar-refractivity contribution >= 4 is 15.9 Å². The van der Waals surface area contributed by atoms with E-state index in [2.05, 4.69) is 39.9 Å². The number of benzene rings is 1. The van der Waals surface area contributed by atoms with Gasteiger partial charge in [-0.25, -0.2) is 0 Å². The highest BCUT2D eigenvalue weighted by Crippen LogP contribution is 2.29. The number of aryl methyl sites for hydroxylation is 1. The van der Waals surface area contributed by atoms with Crippen LogP contribution in [0, 0.1) is 6.92 Å². The lowest BCUT2D eigenvalue weighted by Gasteiger charge is -2.19. The van der Waals surface area contributed by atoms with Crippen LogP contribution < -0.4 is 10.5 Å². The molecule has 20 heavy (non-hydrogen) atoms. The Hall–Kier alpha value is -0.580. The van der Waals surface area contributed by atoms with Gasteiger partial charge in [0.1, 0.15) is 12.4 Å². The predicted octanol–water partition coefficient (Wildman–Crippen LogP) is 3.12. The maximum atomic E-state index is 6.07. The summed E-state index contributed by atoms with van der Waals surface area (Å²) in [5.74, 6) is 1.02. The molecule has 1 unspecified atom stereocenters. The first-order chi connectivity index (χ1) is 9.56. The third-order valence-corrected chi connectivity index (χ3v) is 4.17. The molecule has 0 radical (unpaired) electrons. The molecule has 0 amide bonds. The molecule has 0 aliphatic carbocycles. The fourth-order valence-electron chi connectivity index (χ4n) is 2.79. The fraction of sp³-hybridized carbons (Fsp3) is 0.625. The van der Waals surface area contributed by atoms with Gasteiger partial charge >= 0.3 is 0 Å². The molecule has 0 spiro atoms. The van der Waals surface area contributed by atoms with Gasteiger partial charge in [0.05, 0.1) is 0 Å². The number of hydrogen-bond donors (Lipinski definition) is 1. The van der Waals surface area contributed by atoms with Crippen molar-refractivity contribution in [2.24, 2.45) is 5.73 Å². The van der Waals surface area contributed by atoms with Crippen molar-refractivity contribution < 1.29 is 4.74 Å². The molecule has 1 aromatic rings. The number of nitrogens with two attached hydrogens (primary N) is 1. The van der Waals surface area contributed by atoms with Gasteiger partial charge in [0.25, 0.3) is 0 Å². The van der Waals surface area contributed by atoms with Crippen molar-refractivity contribution in [1.29, 1.82) is 0 Å². The van der Waals surface area contributed by atoms with Crippen LogP contribution in [0.4, 0.5) is 0 Å². The molecular weight excluding hydrogens is 316 g/mol. The molecule has 1 saturated heterocycles. The van der Waals surface area contributed by atoms with Crippen LogP contribution in [0.5, 0.6) is 5.75 Å². The Balaban J connectivity index is 2.00. The van der Waals surface area contributed by atoms with Crippen molar-refractivity contribution in [3.05, 3.63) is 27.7 Å². The van der Waals surface area contributed by atoms with E-state index in [0.29, 0.717) is 0 Å². The summed E-state index contributed by atoms with van der Waals surface area (Å²) in [4.78, 5) is 2.47. The van der Waals surface area contributed by atoms with E-state index in [0.717, 1.165) is 29.8 Å². The van der Waals surface area contributed by atoms with E-state index in [-0.39, 0.29) is 6.04 Å². The van der Waals surface area contributed by atoms with Gasteiger partial charge in [-0.1, -0.05) is 15.9 Å². The lowest BCUT2D eigenvalue weighted by atomic mass is 10.0. The van der Waals surface area contributed by atoms with E-state index < -0.39 is 0 Å². The van der Waals surface area contributed by atoms with Gasteiger partial charge in [0, 0.05) is 17.1 Å². The van der Waals surface area contributed by atoms with Crippen LogP contribution in [0.15, 0.2) is 16.6 Å². The number of halogens is 1. The Morgan fingerprint density at radius 1 is 1.35 bits per heavy atom. The van der Waals surface area contributed by atoms with Gasteiger partial charge in [-0.3, -0.25) is 4.90 Å². The zero-order valence-corrected chi connectivity index (χ0v) is 14.1. The predicted molar refractivity (Wildman–Crippen MR) is 87.4 cm³/mol. The molecule has 1 fully saturated rings. The second-order valence-electron chi connectivity index (χ2n) is 5.79. The molecule has 4 heteroatoms. The first-order valence-corrected chi connectivity index (χ1v) is 8.25. The first kappa shape index (κ1) is 15.8. The molecule has 0 aromatic heterocycles. The molecule has 0 bridgehead atoms. The smallest absolute Gasteiger partial charge is 0.125 e. The lowest BCUT2D eigenvalue weighted by Crippen LogP contribution is -2.25. The Morgan fingerprint density at radius 2 is 2.05 bits per heavy atom. The summed E-state index contributed by atoms with van der Waals surface area (Å²) in [5.41, 5.74) is 8.32. The molecule has 1 atom stereocenters. The number of likely N-dealkylation sites (tertiary alicyclic amines) is 1. The van der Waals surface area contributed by atoms with Crippen molar-refractivity contribution in [2.45, 2.75) is 39.2 Å². The maximum absolute atomic E-state index is 6.07. The van der Waals surface area contributed by atoms with E-state index in [1.807, 2.05) is 6.92 Å². The van der Waals surface area contributed by atoms with Crippen molar-refractivity contribution in [3.8, 4) is 5.75 Å². The fourth-order valence-corrected chi connectivity index (χ4v) is 3.41. The molecule has 1 aromatic carbocycles. The van der Waals surface area contributed by atoms with Crippen LogP contribution in [0.3, 0.4) is 0 Å². The van der Waals surface area contributed by atoms with Gasteiger partial charge in [0.15, 0.2) is 0 Å². The molecule has 2 N–H and O–H groups in total. The number of nitrogens with zero attached hydrogens (tertiary/aromatic N) is 1. The largest absolute Gasteiger partial charge is 0.492 e. The summed E-state index contributed by atoms with van der Waals surface area (Å²) in [6, 6.07) is 4.38. The Labute approximate surface area is 130 Å². The maximum Gasteiger partial charge on any atom is 0.125 e. The van der Waals surface area contributed by atoms with E-state index in [1.165, 1.54) is 37.1 Å². The Kier molecular flexibility index (Phi) is 5.87. The second kappa shape index (κ2) is 7.43. The molecule has 2 rings (SSSR count). The van der Waals surface area contributed by atoms with E-state index >= 15 is 0 Å². The van der Waals surface area contributed by atoms with Gasteiger partial charge in [-0.2, -0.15) is 0 Å². The summed E-state index contributed by atoms with van der Waals surface area (Å²) >= 11 is 3.55. The normalized spacial score (nSPS) is 17.4. The number of ether oxygens (including phenoxy) is 1. The molecule has 0 saturated carbocycles. The third-order valence-electron chi connectivity index (χ3n) is 3.71. The van der Waals surface area contributed by atoms with Crippen LogP contribution in [0.1, 0.15) is 30.9 Å². The van der Waals surface area contributed by atoms with Gasteiger partial charge in [-0.05, 0) is 69.5 Å². The van der Waals surface area contributed by atoms with Crippen molar-refractivity contribution in [2.75, 3.05) is 26.2 Å². The summed E-state index contributed by atoms with van der Waals surface area (Å²) < 4.78 is 7.16. The van der Waals surface area contributed by atoms with E-state index in [4.69, 9.17) is 10.5 Å². The van der Waals surface area contributed by atoms with E-state index in [1.54, 1.807) is 0 Å². The lowest BCUT2D eigenvalue weighted by molar-refractivity contribution is 0.235. The second-order valence-corrected chi connectivity index (χ2v) is 6.71. The minimum Gasteiger partial charge on any atom is -0.492 e. The standard InChI is InChI=1S/C16H25BrN2O/c1-12-9-15(17)11-14(10-13(2)18)16(12)20-8-7-19-5-3-4-6-19/h9,11,13H,3-8,10,18H2,1-2H3. The highest BCUT2D eigenvalue weighted by molar-refractivity contribution is 9.10. The molecule has 112 valence electrons. The topological polar surface area (TPSA) is 38.5 Å². The van der Waals surface area contributed by atoms with Gasteiger partial charge in [0.2, 0.25) is 0 Å². The quantitative estimate of drug-likeness (QED) is 0.864. The minimum absolute atomic E-state index is 0.143. The minimum atomic E-state index is 0.143. The molecule has 1 heterocycles. The summed E-state index contributed by atoms with van der Waals surface area (Å²) in [6.45, 7) is 8.34. The molecule has 1 aliphatic heterocycles. The van der Waals surface area contributed by atoms with Crippen LogP contribution >= 0.6 is 15.9 Å². The third kappa shape index (κ3) is 4.47. The van der Waals surface area contributed by atoms with Crippen molar-refractivity contribution in [1.82, 2.24) is 4.90 Å². The highest BCUT2D eigenvalue weighted by Gasteiger charge is 2.13. The monoisotopic (exact) mass is 340 g/mol. The van der Waals surface area contributed by atoms with Gasteiger partial charge < -0.3 is 10.5 Å². The Morgan fingerprint density at radius 3 is 2.70 bits per heavy atom. The van der Waals surface area contributed by atoms with Crippen LogP contribution in [0.2, 0.25) is 0 Å². The molecular formula is C16H25BrN2O. The average molecular weight is 341 g/mol. The van der Waals surface area contributed by atoms with E-state index in [9.17, 15) is 0 Å². The SMILES string of the molecule is Cc1cc(Br)cc(CC(C)N)c1OCCN1CCCC1. The zero-order valence-electron chi connectivity index (χ0n) is 12.5. The van der Waals surface area contributed by atoms with Crippen LogP contribution in [-0.4, -0.2) is 37.2 Å². The average Bonchev–Trinajstić information content (AvgIpc) is 2.84. The number of hydrogen-bond acceptors (Lipinski definition) is 3.